The van der Waals surface area contributed by atoms with E-state index in [2.05, 4.69) is 21.0 Å². The fourth-order valence-corrected chi connectivity index (χ4v) is 1.96. The van der Waals surface area contributed by atoms with Crippen molar-refractivity contribution in [3.05, 3.63) is 16.6 Å². The van der Waals surface area contributed by atoms with E-state index in [1.165, 1.54) is 6.42 Å². The lowest BCUT2D eigenvalue weighted by Gasteiger charge is -2.08. The molecule has 0 radical (unpaired) electrons. The predicted octanol–water partition coefficient (Wildman–Crippen LogP) is 0.595. The van der Waals surface area contributed by atoms with Crippen molar-refractivity contribution in [3.63, 3.8) is 0 Å². The van der Waals surface area contributed by atoms with E-state index in [-0.39, 0.29) is 0 Å². The van der Waals surface area contributed by atoms with Crippen LogP contribution in [0.4, 0.5) is 0 Å². The van der Waals surface area contributed by atoms with Gasteiger partial charge in [0.2, 0.25) is 0 Å². The number of nitrogens with one attached hydrogen (secondary N) is 2. The van der Waals surface area contributed by atoms with E-state index in [1.54, 1.807) is 11.3 Å². The molecule has 1 aromatic rings. The van der Waals surface area contributed by atoms with Crippen molar-refractivity contribution in [2.75, 3.05) is 13.1 Å². The van der Waals surface area contributed by atoms with E-state index >= 15 is 0 Å². The van der Waals surface area contributed by atoms with Gasteiger partial charge in [0, 0.05) is 24.5 Å². The summed E-state index contributed by atoms with van der Waals surface area (Å²) in [7, 11) is 0. The third-order valence-electron chi connectivity index (χ3n) is 2.12. The molecule has 1 fully saturated rings. The molecular formula is C8H13N3S. The highest BCUT2D eigenvalue weighted by Gasteiger charge is 2.12. The third kappa shape index (κ3) is 2.03. The van der Waals surface area contributed by atoms with Crippen LogP contribution in [0.15, 0.2) is 10.9 Å². The van der Waals surface area contributed by atoms with Gasteiger partial charge in [0.25, 0.3) is 0 Å². The molecule has 1 aliphatic rings. The molecule has 0 bridgehead atoms. The Hall–Kier alpha value is -0.450. The Morgan fingerprint density at radius 2 is 2.75 bits per heavy atom. The van der Waals surface area contributed by atoms with Crippen molar-refractivity contribution in [1.82, 2.24) is 15.6 Å². The molecule has 0 spiro atoms. The van der Waals surface area contributed by atoms with Gasteiger partial charge in [0.15, 0.2) is 0 Å². The Balaban J connectivity index is 1.74. The Bertz CT molecular complexity index is 216. The van der Waals surface area contributed by atoms with Crippen LogP contribution in [0.3, 0.4) is 0 Å². The number of hydrogen-bond acceptors (Lipinski definition) is 4. The Labute approximate surface area is 76.2 Å². The fraction of sp³-hybridized carbons (Fsp3) is 0.625. The van der Waals surface area contributed by atoms with Gasteiger partial charge in [-0.1, -0.05) is 0 Å². The molecule has 3 nitrogen and oxygen atoms in total. The summed E-state index contributed by atoms with van der Waals surface area (Å²) in [5.41, 5.74) is 3.04. The molecular weight excluding hydrogens is 170 g/mol. The zero-order chi connectivity index (χ0) is 8.23. The maximum Gasteiger partial charge on any atom is 0.0795 e. The highest BCUT2D eigenvalue weighted by atomic mass is 32.1. The molecule has 1 saturated heterocycles. The molecule has 0 amide bonds. The van der Waals surface area contributed by atoms with E-state index in [1.807, 2.05) is 5.51 Å². The minimum Gasteiger partial charge on any atom is -0.315 e. The number of rotatable bonds is 3. The lowest BCUT2D eigenvalue weighted by Crippen LogP contribution is -2.30. The summed E-state index contributed by atoms with van der Waals surface area (Å²) in [5.74, 6) is 0. The van der Waals surface area contributed by atoms with Gasteiger partial charge in [-0.25, -0.2) is 4.98 Å². The zero-order valence-electron chi connectivity index (χ0n) is 6.92. The van der Waals surface area contributed by atoms with Gasteiger partial charge in [-0.2, -0.15) is 0 Å². The summed E-state index contributed by atoms with van der Waals surface area (Å²) < 4.78 is 0. The third-order valence-corrected chi connectivity index (χ3v) is 2.75. The topological polar surface area (TPSA) is 37.0 Å². The zero-order valence-corrected chi connectivity index (χ0v) is 7.73. The minimum atomic E-state index is 0.645. The SMILES string of the molecule is c1nc(CNC2CCNC2)cs1. The van der Waals surface area contributed by atoms with E-state index < -0.39 is 0 Å². The van der Waals surface area contributed by atoms with E-state index in [4.69, 9.17) is 0 Å². The van der Waals surface area contributed by atoms with Gasteiger partial charge in [-0.3, -0.25) is 0 Å². The number of hydrogen-bond donors (Lipinski definition) is 2. The minimum absolute atomic E-state index is 0.645. The summed E-state index contributed by atoms with van der Waals surface area (Å²) in [6.45, 7) is 3.16. The van der Waals surface area contributed by atoms with Gasteiger partial charge >= 0.3 is 0 Å². The first-order valence-corrected chi connectivity index (χ1v) is 5.20. The normalized spacial score (nSPS) is 23.2. The standard InChI is InChI=1S/C8H13N3S/c1-2-9-3-7(1)10-4-8-5-12-6-11-8/h5-7,9-10H,1-4H2. The highest BCUT2D eigenvalue weighted by Crippen LogP contribution is 2.02. The second kappa shape index (κ2) is 3.98. The summed E-state index contributed by atoms with van der Waals surface area (Å²) in [4.78, 5) is 4.21. The van der Waals surface area contributed by atoms with Gasteiger partial charge in [0.1, 0.15) is 0 Å². The van der Waals surface area contributed by atoms with Crippen LogP contribution in [0.1, 0.15) is 12.1 Å². The van der Waals surface area contributed by atoms with Crippen LogP contribution in [0, 0.1) is 0 Å². The van der Waals surface area contributed by atoms with Crippen LogP contribution in [0.5, 0.6) is 0 Å². The van der Waals surface area contributed by atoms with Crippen molar-refractivity contribution in [1.29, 1.82) is 0 Å². The maximum atomic E-state index is 4.21. The van der Waals surface area contributed by atoms with Crippen molar-refractivity contribution < 1.29 is 0 Å². The Morgan fingerprint density at radius 1 is 1.75 bits per heavy atom. The molecule has 0 aromatic carbocycles. The lowest BCUT2D eigenvalue weighted by molar-refractivity contribution is 0.543. The fourth-order valence-electron chi connectivity index (χ4n) is 1.40. The van der Waals surface area contributed by atoms with Gasteiger partial charge < -0.3 is 10.6 Å². The molecule has 4 heteroatoms. The van der Waals surface area contributed by atoms with Crippen LogP contribution < -0.4 is 10.6 Å². The van der Waals surface area contributed by atoms with E-state index in [9.17, 15) is 0 Å². The molecule has 1 atom stereocenters. The molecule has 0 saturated carbocycles. The molecule has 2 heterocycles. The van der Waals surface area contributed by atoms with Gasteiger partial charge in [0.05, 0.1) is 11.2 Å². The molecule has 0 aliphatic carbocycles. The summed E-state index contributed by atoms with van der Waals surface area (Å²) in [5, 5.41) is 8.88. The number of aromatic nitrogens is 1. The second-order valence-electron chi connectivity index (χ2n) is 3.05. The van der Waals surface area contributed by atoms with Crippen molar-refractivity contribution >= 4 is 11.3 Å². The van der Waals surface area contributed by atoms with Crippen molar-refractivity contribution in [2.24, 2.45) is 0 Å². The molecule has 12 heavy (non-hydrogen) atoms. The van der Waals surface area contributed by atoms with Gasteiger partial charge in [-0.05, 0) is 13.0 Å². The monoisotopic (exact) mass is 183 g/mol. The van der Waals surface area contributed by atoms with E-state index in [0.29, 0.717) is 6.04 Å². The molecule has 1 aromatic heterocycles. The summed E-state index contributed by atoms with van der Waals surface area (Å²) in [6.07, 6.45) is 1.24. The van der Waals surface area contributed by atoms with Crippen LogP contribution >= 0.6 is 11.3 Å². The van der Waals surface area contributed by atoms with E-state index in [0.717, 1.165) is 25.3 Å². The Kier molecular flexibility index (Phi) is 2.71. The smallest absolute Gasteiger partial charge is 0.0795 e. The van der Waals surface area contributed by atoms with Gasteiger partial charge in [-0.15, -0.1) is 11.3 Å². The van der Waals surface area contributed by atoms with Crippen LogP contribution in [-0.4, -0.2) is 24.1 Å². The highest BCUT2D eigenvalue weighted by molar-refractivity contribution is 7.07. The molecule has 2 rings (SSSR count). The first-order valence-electron chi connectivity index (χ1n) is 4.26. The number of nitrogens with zero attached hydrogens (tertiary/aromatic N) is 1. The van der Waals surface area contributed by atoms with Crippen LogP contribution in [0.2, 0.25) is 0 Å². The van der Waals surface area contributed by atoms with Crippen LogP contribution in [0.25, 0.3) is 0 Å². The summed E-state index contributed by atoms with van der Waals surface area (Å²) >= 11 is 1.66. The molecule has 66 valence electrons. The first kappa shape index (κ1) is 8.16. The van der Waals surface area contributed by atoms with Crippen LogP contribution in [-0.2, 0) is 6.54 Å². The average molecular weight is 183 g/mol. The Morgan fingerprint density at radius 3 is 3.42 bits per heavy atom. The summed E-state index contributed by atoms with van der Waals surface area (Å²) in [6, 6.07) is 0.645. The molecule has 1 unspecified atom stereocenters. The quantitative estimate of drug-likeness (QED) is 0.720. The lowest BCUT2D eigenvalue weighted by atomic mass is 10.2. The maximum absolute atomic E-state index is 4.21. The molecule has 2 N–H and O–H groups in total. The first-order chi connectivity index (χ1) is 5.95. The largest absolute Gasteiger partial charge is 0.315 e. The van der Waals surface area contributed by atoms with Crippen molar-refractivity contribution in [2.45, 2.75) is 19.0 Å². The average Bonchev–Trinajstić information content (AvgIpc) is 2.74. The second-order valence-corrected chi connectivity index (χ2v) is 3.77. The predicted molar refractivity (Wildman–Crippen MR) is 50.2 cm³/mol. The number of thiazole rings is 1. The molecule has 1 aliphatic heterocycles. The van der Waals surface area contributed by atoms with Crippen molar-refractivity contribution in [3.8, 4) is 0 Å².